The molecule has 0 aliphatic heterocycles. The first-order chi connectivity index (χ1) is 9.74. The molecule has 0 saturated heterocycles. The fourth-order valence-electron chi connectivity index (χ4n) is 2.49. The molecule has 1 atom stereocenters. The van der Waals surface area contributed by atoms with Crippen molar-refractivity contribution in [1.82, 2.24) is 5.32 Å². The summed E-state index contributed by atoms with van der Waals surface area (Å²) in [7, 11) is 0. The molecule has 0 spiro atoms. The van der Waals surface area contributed by atoms with Gasteiger partial charge in [-0.1, -0.05) is 40.5 Å². The van der Waals surface area contributed by atoms with E-state index in [0.717, 1.165) is 38.6 Å². The topological polar surface area (TPSA) is 21.3 Å². The van der Waals surface area contributed by atoms with E-state index >= 15 is 0 Å². The van der Waals surface area contributed by atoms with Gasteiger partial charge in [0.15, 0.2) is 0 Å². The second-order valence-electron chi connectivity index (χ2n) is 6.26. The molecular formula is C16H32F3NO. The lowest BCUT2D eigenvalue weighted by Crippen LogP contribution is -2.37. The average molecular weight is 311 g/mol. The molecule has 0 bridgehead atoms. The van der Waals surface area contributed by atoms with Gasteiger partial charge in [-0.05, 0) is 31.1 Å². The third-order valence-electron chi connectivity index (χ3n) is 3.96. The lowest BCUT2D eigenvalue weighted by atomic mass is 9.76. The maximum atomic E-state index is 12.0. The molecule has 1 unspecified atom stereocenters. The van der Waals surface area contributed by atoms with Gasteiger partial charge >= 0.3 is 6.18 Å². The number of unbranched alkanes of at least 4 members (excludes halogenated alkanes) is 1. The van der Waals surface area contributed by atoms with Crippen LogP contribution >= 0.6 is 0 Å². The summed E-state index contributed by atoms with van der Waals surface area (Å²) >= 11 is 0. The Morgan fingerprint density at radius 1 is 1.05 bits per heavy atom. The molecule has 0 aromatic rings. The van der Waals surface area contributed by atoms with E-state index in [4.69, 9.17) is 4.74 Å². The van der Waals surface area contributed by atoms with Crippen molar-refractivity contribution in [3.05, 3.63) is 0 Å². The maximum Gasteiger partial charge on any atom is 0.411 e. The van der Waals surface area contributed by atoms with Crippen LogP contribution in [0.5, 0.6) is 0 Å². The van der Waals surface area contributed by atoms with Crippen LogP contribution in [-0.4, -0.2) is 32.0 Å². The number of ether oxygens (including phenoxy) is 1. The molecule has 128 valence electrons. The van der Waals surface area contributed by atoms with Gasteiger partial charge in [0.2, 0.25) is 0 Å². The molecule has 0 fully saturated rings. The van der Waals surface area contributed by atoms with Crippen molar-refractivity contribution < 1.29 is 17.9 Å². The third-order valence-corrected chi connectivity index (χ3v) is 3.96. The van der Waals surface area contributed by atoms with E-state index in [1.807, 2.05) is 0 Å². The van der Waals surface area contributed by atoms with E-state index in [1.54, 1.807) is 0 Å². The quantitative estimate of drug-likeness (QED) is 0.516. The standard InChI is InChI=1S/C16H32F3NO/c1-5-7-9-15(6-2,12-20-14(3)4)10-8-11-21-13-16(17,18)19/h14,20H,5-13H2,1-4H3. The van der Waals surface area contributed by atoms with Crippen molar-refractivity contribution in [2.45, 2.75) is 78.4 Å². The van der Waals surface area contributed by atoms with Crippen molar-refractivity contribution in [3.8, 4) is 0 Å². The Kier molecular flexibility index (Phi) is 10.3. The van der Waals surface area contributed by atoms with Crippen LogP contribution in [0.15, 0.2) is 0 Å². The van der Waals surface area contributed by atoms with E-state index in [9.17, 15) is 13.2 Å². The molecule has 0 radical (unpaired) electrons. The number of rotatable bonds is 12. The van der Waals surface area contributed by atoms with Crippen molar-refractivity contribution in [2.75, 3.05) is 19.8 Å². The molecule has 0 aromatic carbocycles. The van der Waals surface area contributed by atoms with Crippen LogP contribution in [0.4, 0.5) is 13.2 Å². The summed E-state index contributed by atoms with van der Waals surface area (Å²) in [5, 5.41) is 3.49. The Hall–Kier alpha value is -0.290. The largest absolute Gasteiger partial charge is 0.411 e. The highest BCUT2D eigenvalue weighted by atomic mass is 19.4. The van der Waals surface area contributed by atoms with Gasteiger partial charge < -0.3 is 10.1 Å². The molecule has 5 heteroatoms. The van der Waals surface area contributed by atoms with E-state index in [1.165, 1.54) is 0 Å². The number of hydrogen-bond acceptors (Lipinski definition) is 2. The number of nitrogens with one attached hydrogen (secondary N) is 1. The monoisotopic (exact) mass is 311 g/mol. The predicted octanol–water partition coefficient (Wildman–Crippen LogP) is 4.93. The first-order valence-corrected chi connectivity index (χ1v) is 8.12. The van der Waals surface area contributed by atoms with E-state index in [0.29, 0.717) is 12.5 Å². The highest BCUT2D eigenvalue weighted by Crippen LogP contribution is 2.33. The van der Waals surface area contributed by atoms with Gasteiger partial charge in [-0.2, -0.15) is 13.2 Å². The van der Waals surface area contributed by atoms with Crippen molar-refractivity contribution in [1.29, 1.82) is 0 Å². The molecule has 2 nitrogen and oxygen atoms in total. The molecule has 0 rings (SSSR count). The zero-order valence-corrected chi connectivity index (χ0v) is 14.0. The Morgan fingerprint density at radius 2 is 1.67 bits per heavy atom. The Bertz CT molecular complexity index is 256. The summed E-state index contributed by atoms with van der Waals surface area (Å²) < 4.78 is 40.8. The Balaban J connectivity index is 4.24. The fraction of sp³-hybridized carbons (Fsp3) is 1.00. The van der Waals surface area contributed by atoms with Gasteiger partial charge in [0.1, 0.15) is 6.61 Å². The van der Waals surface area contributed by atoms with E-state index in [2.05, 4.69) is 33.0 Å². The second kappa shape index (κ2) is 10.4. The minimum Gasteiger partial charge on any atom is -0.372 e. The highest BCUT2D eigenvalue weighted by Gasteiger charge is 2.29. The van der Waals surface area contributed by atoms with Gasteiger partial charge in [0, 0.05) is 19.2 Å². The lowest BCUT2D eigenvalue weighted by molar-refractivity contribution is -0.174. The highest BCUT2D eigenvalue weighted by molar-refractivity contribution is 4.81. The minimum absolute atomic E-state index is 0.182. The van der Waals surface area contributed by atoms with Crippen LogP contribution in [-0.2, 0) is 4.74 Å². The predicted molar refractivity (Wildman–Crippen MR) is 81.5 cm³/mol. The molecule has 0 amide bonds. The zero-order chi connectivity index (χ0) is 16.4. The van der Waals surface area contributed by atoms with Crippen LogP contribution in [0, 0.1) is 5.41 Å². The second-order valence-corrected chi connectivity index (χ2v) is 6.26. The minimum atomic E-state index is -4.22. The maximum absolute atomic E-state index is 12.0. The lowest BCUT2D eigenvalue weighted by Gasteiger charge is -2.34. The van der Waals surface area contributed by atoms with Crippen molar-refractivity contribution >= 4 is 0 Å². The molecule has 0 aromatic heterocycles. The first kappa shape index (κ1) is 20.7. The summed E-state index contributed by atoms with van der Waals surface area (Å²) in [5.74, 6) is 0. The van der Waals surface area contributed by atoms with Crippen LogP contribution in [0.3, 0.4) is 0 Å². The van der Waals surface area contributed by atoms with Crippen molar-refractivity contribution in [3.63, 3.8) is 0 Å². The molecule has 0 heterocycles. The van der Waals surface area contributed by atoms with Crippen LogP contribution in [0.1, 0.15) is 66.2 Å². The normalized spacial score (nSPS) is 15.4. The SMILES string of the molecule is CCCCC(CC)(CCCOCC(F)(F)F)CNC(C)C. The van der Waals surface area contributed by atoms with Crippen LogP contribution in [0.25, 0.3) is 0 Å². The number of hydrogen-bond donors (Lipinski definition) is 1. The van der Waals surface area contributed by atoms with Crippen LogP contribution in [0.2, 0.25) is 0 Å². The summed E-state index contributed by atoms with van der Waals surface area (Å²) in [4.78, 5) is 0. The summed E-state index contributed by atoms with van der Waals surface area (Å²) in [6.07, 6.45) is 1.87. The summed E-state index contributed by atoms with van der Waals surface area (Å²) in [5.41, 5.74) is 0.182. The summed E-state index contributed by atoms with van der Waals surface area (Å²) in [6.45, 7) is 8.57. The summed E-state index contributed by atoms with van der Waals surface area (Å²) in [6, 6.07) is 0.430. The van der Waals surface area contributed by atoms with Crippen molar-refractivity contribution in [2.24, 2.45) is 5.41 Å². The molecule has 21 heavy (non-hydrogen) atoms. The first-order valence-electron chi connectivity index (χ1n) is 8.12. The van der Waals surface area contributed by atoms with E-state index in [-0.39, 0.29) is 12.0 Å². The van der Waals surface area contributed by atoms with Gasteiger partial charge in [-0.3, -0.25) is 0 Å². The Morgan fingerprint density at radius 3 is 2.14 bits per heavy atom. The average Bonchev–Trinajstić information content (AvgIpc) is 2.39. The van der Waals surface area contributed by atoms with E-state index < -0.39 is 12.8 Å². The van der Waals surface area contributed by atoms with Gasteiger partial charge in [-0.15, -0.1) is 0 Å². The fourth-order valence-corrected chi connectivity index (χ4v) is 2.49. The van der Waals surface area contributed by atoms with Gasteiger partial charge in [-0.25, -0.2) is 0 Å². The molecule has 0 saturated carbocycles. The molecule has 1 N–H and O–H groups in total. The molecular weight excluding hydrogens is 279 g/mol. The Labute approximate surface area is 127 Å². The molecule has 0 aliphatic rings. The van der Waals surface area contributed by atoms with Gasteiger partial charge in [0.05, 0.1) is 0 Å². The number of halogens is 3. The number of alkyl halides is 3. The van der Waals surface area contributed by atoms with Gasteiger partial charge in [0.25, 0.3) is 0 Å². The zero-order valence-electron chi connectivity index (χ0n) is 14.0. The third kappa shape index (κ3) is 11.0. The van der Waals surface area contributed by atoms with Crippen LogP contribution < -0.4 is 5.32 Å². The molecule has 0 aliphatic carbocycles. The smallest absolute Gasteiger partial charge is 0.372 e.